The molecule has 1 amide bonds. The van der Waals surface area contributed by atoms with Gasteiger partial charge in [-0.3, -0.25) is 4.79 Å². The molecule has 0 saturated carbocycles. The molecule has 0 aliphatic rings. The van der Waals surface area contributed by atoms with Crippen LogP contribution in [0, 0.1) is 12.7 Å². The number of fused-ring (bicyclic) bond motifs is 1. The zero-order chi connectivity index (χ0) is 23.1. The van der Waals surface area contributed by atoms with Crippen LogP contribution in [0.5, 0.6) is 0 Å². The van der Waals surface area contributed by atoms with E-state index < -0.39 is 6.04 Å². The van der Waals surface area contributed by atoms with E-state index in [1.165, 1.54) is 23.5 Å². The summed E-state index contributed by atoms with van der Waals surface area (Å²) in [7, 11) is 1.89. The molecule has 3 aromatic heterocycles. The maximum absolute atomic E-state index is 13.4. The number of halogens is 2. The molecule has 3 heterocycles. The fraction of sp³-hybridized carbons (Fsp3) is 0.125. The third-order valence-electron chi connectivity index (χ3n) is 5.44. The fourth-order valence-electron chi connectivity index (χ4n) is 3.73. The lowest BCUT2D eigenvalue weighted by atomic mass is 10.1. The number of imidazole rings is 1. The van der Waals surface area contributed by atoms with Crippen molar-refractivity contribution in [1.82, 2.24) is 24.6 Å². The van der Waals surface area contributed by atoms with Gasteiger partial charge in [0, 0.05) is 29.9 Å². The van der Waals surface area contributed by atoms with Gasteiger partial charge in [0.15, 0.2) is 0 Å². The summed E-state index contributed by atoms with van der Waals surface area (Å²) in [6, 6.07) is 14.8. The summed E-state index contributed by atoms with van der Waals surface area (Å²) in [6.07, 6.45) is 3.54. The number of hydrogen-bond acceptors (Lipinski definition) is 4. The van der Waals surface area contributed by atoms with Crippen LogP contribution in [0.4, 0.5) is 4.39 Å². The number of nitrogens with zero attached hydrogens (tertiary/aromatic N) is 4. The van der Waals surface area contributed by atoms with Gasteiger partial charge in [0.25, 0.3) is 5.91 Å². The van der Waals surface area contributed by atoms with Crippen molar-refractivity contribution in [2.45, 2.75) is 13.0 Å². The molecule has 0 aliphatic heterocycles. The number of carbonyl (C=O) groups excluding carboxylic acids is 1. The average molecular weight is 480 g/mol. The normalized spacial score (nSPS) is 12.2. The Morgan fingerprint density at radius 2 is 1.88 bits per heavy atom. The molecule has 5 aromatic rings. The standard InChI is InChI=1S/C24H19ClFN5OS/c1-14-19-13-20(33-24(19)31(29-14)18-9-7-17(26)8-10-18)23(32)28-21(22-27-11-12-30(22)2)15-3-5-16(25)6-4-15/h3-13,21H,1-2H3,(H,28,32)/t21-/m1/s1. The number of aryl methyl sites for hydroxylation is 2. The fourth-order valence-corrected chi connectivity index (χ4v) is 4.94. The number of thiophene rings is 1. The Kier molecular flexibility index (Phi) is 5.47. The lowest BCUT2D eigenvalue weighted by Gasteiger charge is -2.19. The molecule has 166 valence electrons. The number of nitrogens with one attached hydrogen (secondary N) is 1. The Morgan fingerprint density at radius 1 is 1.15 bits per heavy atom. The van der Waals surface area contributed by atoms with Crippen LogP contribution in [0.15, 0.2) is 67.0 Å². The summed E-state index contributed by atoms with van der Waals surface area (Å²) in [4.78, 5) is 19.1. The van der Waals surface area contributed by atoms with Crippen molar-refractivity contribution < 1.29 is 9.18 Å². The molecule has 2 aromatic carbocycles. The molecule has 6 nitrogen and oxygen atoms in total. The van der Waals surface area contributed by atoms with E-state index in [4.69, 9.17) is 11.6 Å². The quantitative estimate of drug-likeness (QED) is 0.365. The zero-order valence-corrected chi connectivity index (χ0v) is 19.4. The Morgan fingerprint density at radius 3 is 2.55 bits per heavy atom. The minimum atomic E-state index is -0.449. The minimum Gasteiger partial charge on any atom is -0.337 e. The average Bonchev–Trinajstić information content (AvgIpc) is 3.50. The summed E-state index contributed by atoms with van der Waals surface area (Å²) < 4.78 is 17.0. The van der Waals surface area contributed by atoms with Gasteiger partial charge >= 0.3 is 0 Å². The summed E-state index contributed by atoms with van der Waals surface area (Å²) in [5.74, 6) is 0.178. The van der Waals surface area contributed by atoms with Crippen LogP contribution in [0.1, 0.15) is 32.8 Å². The smallest absolute Gasteiger partial charge is 0.262 e. The lowest BCUT2D eigenvalue weighted by molar-refractivity contribution is 0.0945. The first kappa shape index (κ1) is 21.4. The molecule has 33 heavy (non-hydrogen) atoms. The van der Waals surface area contributed by atoms with Gasteiger partial charge in [0.1, 0.15) is 22.5 Å². The second-order valence-electron chi connectivity index (χ2n) is 7.66. The van der Waals surface area contributed by atoms with Crippen molar-refractivity contribution in [3.8, 4) is 5.69 Å². The molecule has 0 fully saturated rings. The van der Waals surface area contributed by atoms with Gasteiger partial charge in [-0.05, 0) is 55.0 Å². The number of aromatic nitrogens is 4. The summed E-state index contributed by atoms with van der Waals surface area (Å²) in [5, 5.41) is 9.18. The van der Waals surface area contributed by atoms with E-state index in [2.05, 4.69) is 15.4 Å². The summed E-state index contributed by atoms with van der Waals surface area (Å²) in [5.41, 5.74) is 2.40. The number of rotatable bonds is 5. The van der Waals surface area contributed by atoms with E-state index in [-0.39, 0.29) is 11.7 Å². The molecular formula is C24H19ClFN5OS. The van der Waals surface area contributed by atoms with E-state index >= 15 is 0 Å². The molecular weight excluding hydrogens is 461 g/mol. The lowest BCUT2D eigenvalue weighted by Crippen LogP contribution is -2.30. The molecule has 0 spiro atoms. The first-order chi connectivity index (χ1) is 15.9. The highest BCUT2D eigenvalue weighted by Crippen LogP contribution is 2.31. The third kappa shape index (κ3) is 4.03. The number of hydrogen-bond donors (Lipinski definition) is 1. The first-order valence-electron chi connectivity index (χ1n) is 10.2. The third-order valence-corrected chi connectivity index (χ3v) is 6.80. The maximum Gasteiger partial charge on any atom is 0.262 e. The van der Waals surface area contributed by atoms with Crippen LogP contribution >= 0.6 is 22.9 Å². The van der Waals surface area contributed by atoms with E-state index in [1.807, 2.05) is 42.9 Å². The van der Waals surface area contributed by atoms with Crippen LogP contribution < -0.4 is 5.32 Å². The predicted molar refractivity (Wildman–Crippen MR) is 128 cm³/mol. The van der Waals surface area contributed by atoms with E-state index in [9.17, 15) is 9.18 Å². The van der Waals surface area contributed by atoms with Crippen molar-refractivity contribution in [3.63, 3.8) is 0 Å². The molecule has 0 radical (unpaired) electrons. The predicted octanol–water partition coefficient (Wildman–Crippen LogP) is 5.44. The van der Waals surface area contributed by atoms with Crippen LogP contribution in [0.3, 0.4) is 0 Å². The van der Waals surface area contributed by atoms with Crippen LogP contribution in [-0.2, 0) is 7.05 Å². The van der Waals surface area contributed by atoms with Crippen molar-refractivity contribution in [1.29, 1.82) is 0 Å². The molecule has 0 aliphatic carbocycles. The number of benzene rings is 2. The number of amides is 1. The van der Waals surface area contributed by atoms with Gasteiger partial charge in [0.05, 0.1) is 16.3 Å². The topological polar surface area (TPSA) is 64.7 Å². The summed E-state index contributed by atoms with van der Waals surface area (Å²) >= 11 is 7.40. The Hall–Kier alpha value is -3.49. The van der Waals surface area contributed by atoms with Crippen molar-refractivity contribution in [3.05, 3.63) is 99.8 Å². The van der Waals surface area contributed by atoms with Gasteiger partial charge in [-0.2, -0.15) is 5.10 Å². The molecule has 0 bridgehead atoms. The zero-order valence-electron chi connectivity index (χ0n) is 17.8. The van der Waals surface area contributed by atoms with Gasteiger partial charge in [0.2, 0.25) is 0 Å². The molecule has 5 rings (SSSR count). The van der Waals surface area contributed by atoms with E-state index in [0.29, 0.717) is 15.7 Å². The number of carbonyl (C=O) groups is 1. The largest absolute Gasteiger partial charge is 0.337 e. The molecule has 0 saturated heterocycles. The van der Waals surface area contributed by atoms with Gasteiger partial charge in [-0.1, -0.05) is 23.7 Å². The Balaban J connectivity index is 1.51. The molecule has 9 heteroatoms. The minimum absolute atomic E-state index is 0.218. The second kappa shape index (κ2) is 8.46. The van der Waals surface area contributed by atoms with E-state index in [1.54, 1.807) is 35.1 Å². The molecule has 0 unspecified atom stereocenters. The van der Waals surface area contributed by atoms with Crippen LogP contribution in [0.25, 0.3) is 15.9 Å². The SMILES string of the molecule is Cc1nn(-c2ccc(F)cc2)c2sc(C(=O)N[C@H](c3ccc(Cl)cc3)c3nccn3C)cc12. The highest BCUT2D eigenvalue weighted by Gasteiger charge is 2.24. The van der Waals surface area contributed by atoms with Crippen molar-refractivity contribution in [2.75, 3.05) is 0 Å². The Labute approximate surface area is 198 Å². The summed E-state index contributed by atoms with van der Waals surface area (Å²) in [6.45, 7) is 1.89. The molecule has 1 atom stereocenters. The van der Waals surface area contributed by atoms with Gasteiger partial charge in [-0.15, -0.1) is 11.3 Å². The molecule has 1 N–H and O–H groups in total. The van der Waals surface area contributed by atoms with Crippen LogP contribution in [-0.4, -0.2) is 25.2 Å². The van der Waals surface area contributed by atoms with Crippen LogP contribution in [0.2, 0.25) is 5.02 Å². The Bertz CT molecular complexity index is 1450. The first-order valence-corrected chi connectivity index (χ1v) is 11.4. The second-order valence-corrected chi connectivity index (χ2v) is 9.12. The van der Waals surface area contributed by atoms with E-state index in [0.717, 1.165) is 27.2 Å². The highest BCUT2D eigenvalue weighted by atomic mass is 35.5. The van der Waals surface area contributed by atoms with Gasteiger partial charge < -0.3 is 9.88 Å². The monoisotopic (exact) mass is 479 g/mol. The highest BCUT2D eigenvalue weighted by molar-refractivity contribution is 7.20. The maximum atomic E-state index is 13.4. The van der Waals surface area contributed by atoms with Crippen molar-refractivity contribution >= 4 is 39.1 Å². The van der Waals surface area contributed by atoms with Crippen molar-refractivity contribution in [2.24, 2.45) is 7.05 Å². The van der Waals surface area contributed by atoms with Gasteiger partial charge in [-0.25, -0.2) is 14.1 Å².